The first-order chi connectivity index (χ1) is 14.5. The number of fused-ring (bicyclic) bond motifs is 1. The predicted molar refractivity (Wildman–Crippen MR) is 112 cm³/mol. The maximum absolute atomic E-state index is 13.4. The fraction of sp³-hybridized carbons (Fsp3) is 0.261. The lowest BCUT2D eigenvalue weighted by molar-refractivity contribution is -0.0913. The van der Waals surface area contributed by atoms with Crippen molar-refractivity contribution in [3.05, 3.63) is 83.3 Å². The van der Waals surface area contributed by atoms with Crippen molar-refractivity contribution in [2.45, 2.75) is 32.4 Å². The van der Waals surface area contributed by atoms with Gasteiger partial charge in [0, 0.05) is 31.4 Å². The highest BCUT2D eigenvalue weighted by molar-refractivity contribution is 6.03. The minimum Gasteiger partial charge on any atom is -0.360 e. The topological polar surface area (TPSA) is 55.5 Å². The smallest absolute Gasteiger partial charge is 0.234 e. The van der Waals surface area contributed by atoms with Crippen molar-refractivity contribution in [2.75, 3.05) is 6.54 Å². The summed E-state index contributed by atoms with van der Waals surface area (Å²) < 4.78 is 15.3. The quantitative estimate of drug-likeness (QED) is 0.650. The summed E-state index contributed by atoms with van der Waals surface area (Å²) in [7, 11) is 0. The molecule has 4 heterocycles. The van der Waals surface area contributed by atoms with E-state index in [1.165, 1.54) is 12.1 Å². The molecule has 0 saturated carbocycles. The number of halogens is 1. The molecule has 0 amide bonds. The van der Waals surface area contributed by atoms with Crippen LogP contribution in [0, 0.1) is 12.7 Å². The number of piperidine rings is 1. The average Bonchev–Trinajstić information content (AvgIpc) is 3.34. The number of aryl methyl sites for hydroxylation is 1. The highest BCUT2D eigenvalue weighted by atomic mass is 19.1. The number of imidazole rings is 1. The van der Waals surface area contributed by atoms with Gasteiger partial charge in [-0.1, -0.05) is 17.3 Å². The van der Waals surface area contributed by atoms with Crippen LogP contribution in [-0.4, -0.2) is 31.8 Å². The van der Waals surface area contributed by atoms with Crippen LogP contribution in [0.4, 0.5) is 4.39 Å². The fourth-order valence-corrected chi connectivity index (χ4v) is 4.01. The molecular formula is C23H22FN5O. The Morgan fingerprint density at radius 3 is 2.67 bits per heavy atom. The molecule has 0 aliphatic carbocycles. The molecule has 2 aliphatic rings. The largest absolute Gasteiger partial charge is 0.360 e. The van der Waals surface area contributed by atoms with Crippen molar-refractivity contribution in [1.29, 1.82) is 0 Å². The van der Waals surface area contributed by atoms with E-state index in [0.29, 0.717) is 0 Å². The molecule has 6 nitrogen and oxygen atoms in total. The maximum atomic E-state index is 13.4. The number of oxime groups is 1. The highest BCUT2D eigenvalue weighted by Gasteiger charge is 2.45. The van der Waals surface area contributed by atoms with Crippen LogP contribution in [0.25, 0.3) is 11.9 Å². The Kier molecular flexibility index (Phi) is 4.38. The molecule has 1 saturated heterocycles. The standard InChI is InChI=1S/C23H22FN5O/c1-16-14-28(15-26-16)21-10-5-17(13-25-21)12-18-4-3-11-29-22(18)27-30-23(29,2)19-6-8-20(24)9-7-19/h5-10,12-15H,3-4,11H2,1-2H3/b18-12+. The van der Waals surface area contributed by atoms with Gasteiger partial charge in [0.1, 0.15) is 18.0 Å². The Bertz CT molecular complexity index is 1130. The van der Waals surface area contributed by atoms with Gasteiger partial charge in [-0.25, -0.2) is 14.4 Å². The van der Waals surface area contributed by atoms with Gasteiger partial charge in [0.05, 0.1) is 5.69 Å². The Balaban J connectivity index is 1.41. The summed E-state index contributed by atoms with van der Waals surface area (Å²) in [6, 6.07) is 10.4. The van der Waals surface area contributed by atoms with E-state index in [-0.39, 0.29) is 5.82 Å². The third-order valence-electron chi connectivity index (χ3n) is 5.66. The Morgan fingerprint density at radius 1 is 1.13 bits per heavy atom. The minimum atomic E-state index is -0.732. The number of amidine groups is 1. The first-order valence-electron chi connectivity index (χ1n) is 10.0. The number of nitrogens with zero attached hydrogens (tertiary/aromatic N) is 5. The number of hydrogen-bond donors (Lipinski definition) is 0. The van der Waals surface area contributed by atoms with Gasteiger partial charge in [-0.3, -0.25) is 4.57 Å². The highest BCUT2D eigenvalue weighted by Crippen LogP contribution is 2.40. The third kappa shape index (κ3) is 3.16. The molecule has 0 radical (unpaired) electrons. The van der Waals surface area contributed by atoms with Crippen LogP contribution in [-0.2, 0) is 10.6 Å². The number of rotatable bonds is 3. The second-order valence-corrected chi connectivity index (χ2v) is 7.79. The third-order valence-corrected chi connectivity index (χ3v) is 5.66. The molecule has 0 N–H and O–H groups in total. The lowest BCUT2D eigenvalue weighted by atomic mass is 9.95. The first-order valence-corrected chi connectivity index (χ1v) is 10.0. The summed E-state index contributed by atoms with van der Waals surface area (Å²) >= 11 is 0. The number of pyridine rings is 1. The van der Waals surface area contributed by atoms with Gasteiger partial charge >= 0.3 is 0 Å². The van der Waals surface area contributed by atoms with Crippen LogP contribution >= 0.6 is 0 Å². The average molecular weight is 403 g/mol. The molecule has 1 aromatic carbocycles. The Labute approximate surface area is 174 Å². The van der Waals surface area contributed by atoms with Gasteiger partial charge < -0.3 is 9.74 Å². The second-order valence-electron chi connectivity index (χ2n) is 7.79. The van der Waals surface area contributed by atoms with Crippen LogP contribution in [0.5, 0.6) is 0 Å². The number of benzene rings is 1. The molecule has 0 bridgehead atoms. The summed E-state index contributed by atoms with van der Waals surface area (Å²) in [5.41, 5.74) is 3.22. The summed E-state index contributed by atoms with van der Waals surface area (Å²) in [6.07, 6.45) is 9.58. The van der Waals surface area contributed by atoms with Crippen molar-refractivity contribution >= 4 is 11.9 Å². The minimum absolute atomic E-state index is 0.262. The van der Waals surface area contributed by atoms with E-state index in [4.69, 9.17) is 4.84 Å². The molecule has 1 unspecified atom stereocenters. The summed E-state index contributed by atoms with van der Waals surface area (Å²) in [5.74, 6) is 1.40. The van der Waals surface area contributed by atoms with Crippen molar-refractivity contribution < 1.29 is 9.23 Å². The van der Waals surface area contributed by atoms with Gasteiger partial charge in [0.15, 0.2) is 5.84 Å². The van der Waals surface area contributed by atoms with E-state index in [1.807, 2.05) is 42.9 Å². The number of aromatic nitrogens is 3. The normalized spacial score (nSPS) is 22.0. The fourth-order valence-electron chi connectivity index (χ4n) is 4.01. The molecule has 2 aromatic heterocycles. The van der Waals surface area contributed by atoms with Gasteiger partial charge in [0.25, 0.3) is 0 Å². The molecule has 3 aromatic rings. The molecular weight excluding hydrogens is 381 g/mol. The van der Waals surface area contributed by atoms with E-state index in [2.05, 4.69) is 26.1 Å². The molecule has 1 atom stereocenters. The maximum Gasteiger partial charge on any atom is 0.234 e. The van der Waals surface area contributed by atoms with E-state index in [1.54, 1.807) is 18.5 Å². The molecule has 30 heavy (non-hydrogen) atoms. The summed E-state index contributed by atoms with van der Waals surface area (Å²) in [6.45, 7) is 4.76. The van der Waals surface area contributed by atoms with Crippen molar-refractivity contribution in [2.24, 2.45) is 5.16 Å². The molecule has 7 heteroatoms. The predicted octanol–water partition coefficient (Wildman–Crippen LogP) is 4.41. The number of hydrogen-bond acceptors (Lipinski definition) is 5. The van der Waals surface area contributed by atoms with Gasteiger partial charge in [-0.05, 0) is 61.2 Å². The summed E-state index contributed by atoms with van der Waals surface area (Å²) in [5, 5.41) is 4.40. The molecule has 1 fully saturated rings. The van der Waals surface area contributed by atoms with E-state index >= 15 is 0 Å². The summed E-state index contributed by atoms with van der Waals surface area (Å²) in [4.78, 5) is 16.8. The van der Waals surface area contributed by atoms with E-state index < -0.39 is 5.72 Å². The monoisotopic (exact) mass is 403 g/mol. The van der Waals surface area contributed by atoms with Gasteiger partial charge in [-0.15, -0.1) is 0 Å². The Morgan fingerprint density at radius 2 is 1.97 bits per heavy atom. The van der Waals surface area contributed by atoms with E-state index in [0.717, 1.165) is 53.4 Å². The molecule has 152 valence electrons. The lowest BCUT2D eigenvalue weighted by Gasteiger charge is -2.37. The van der Waals surface area contributed by atoms with Crippen LogP contribution in [0.15, 0.2) is 65.8 Å². The lowest BCUT2D eigenvalue weighted by Crippen LogP contribution is -2.46. The van der Waals surface area contributed by atoms with Crippen molar-refractivity contribution in [1.82, 2.24) is 19.4 Å². The van der Waals surface area contributed by atoms with E-state index in [9.17, 15) is 4.39 Å². The zero-order valence-electron chi connectivity index (χ0n) is 16.9. The van der Waals surface area contributed by atoms with Crippen molar-refractivity contribution in [3.8, 4) is 5.82 Å². The first kappa shape index (κ1) is 18.5. The van der Waals surface area contributed by atoms with Crippen LogP contribution in [0.3, 0.4) is 0 Å². The molecule has 0 spiro atoms. The SMILES string of the molecule is Cc1cn(-c2ccc(/C=C3\CCCN4C3=NOC4(C)c3ccc(F)cc3)cn2)cn1. The van der Waals surface area contributed by atoms with Crippen LogP contribution < -0.4 is 0 Å². The molecule has 5 rings (SSSR count). The Hall–Kier alpha value is -3.48. The van der Waals surface area contributed by atoms with Gasteiger partial charge in [-0.2, -0.15) is 0 Å². The molecule has 2 aliphatic heterocycles. The zero-order chi connectivity index (χ0) is 20.7. The second kappa shape index (κ2) is 7.09. The van der Waals surface area contributed by atoms with Crippen molar-refractivity contribution in [3.63, 3.8) is 0 Å². The van der Waals surface area contributed by atoms with Gasteiger partial charge in [0.2, 0.25) is 5.72 Å². The zero-order valence-corrected chi connectivity index (χ0v) is 16.9. The van der Waals surface area contributed by atoms with Crippen LogP contribution in [0.2, 0.25) is 0 Å². The van der Waals surface area contributed by atoms with Crippen LogP contribution in [0.1, 0.15) is 36.6 Å².